The van der Waals surface area contributed by atoms with E-state index in [1.807, 2.05) is 0 Å². The third kappa shape index (κ3) is 4.29. The van der Waals surface area contributed by atoms with E-state index in [1.165, 1.54) is 58.0 Å². The fourth-order valence-corrected chi connectivity index (χ4v) is 2.71. The van der Waals surface area contributed by atoms with Gasteiger partial charge in [0.1, 0.15) is 5.54 Å². The number of nitrogens with one attached hydrogen (secondary N) is 1. The Balaban J connectivity index is 1.84. The summed E-state index contributed by atoms with van der Waals surface area (Å²) in [6.45, 7) is 5.29. The summed E-state index contributed by atoms with van der Waals surface area (Å²) in [6.07, 6.45) is 9.19. The second kappa shape index (κ2) is 5.84. The van der Waals surface area contributed by atoms with Crippen molar-refractivity contribution in [2.45, 2.75) is 63.5 Å². The van der Waals surface area contributed by atoms with Gasteiger partial charge in [-0.1, -0.05) is 19.3 Å². The van der Waals surface area contributed by atoms with Crippen LogP contribution < -0.4 is 5.32 Å². The molecular weight excluding hydrogens is 210 g/mol. The Morgan fingerprint density at radius 1 is 1.18 bits per heavy atom. The Labute approximate surface area is 105 Å². The lowest BCUT2D eigenvalue weighted by atomic mass is 10.0. The molecule has 1 N–H and O–H groups in total. The van der Waals surface area contributed by atoms with Gasteiger partial charge in [0.25, 0.3) is 0 Å². The van der Waals surface area contributed by atoms with Gasteiger partial charge in [-0.25, -0.2) is 0 Å². The molecule has 0 radical (unpaired) electrons. The molecule has 1 aliphatic heterocycles. The van der Waals surface area contributed by atoms with Gasteiger partial charge in [0.2, 0.25) is 0 Å². The Morgan fingerprint density at radius 2 is 1.76 bits per heavy atom. The third-order valence-corrected chi connectivity index (χ3v) is 3.84. The summed E-state index contributed by atoms with van der Waals surface area (Å²) in [5.74, 6) is 0. The maximum absolute atomic E-state index is 9.38. The van der Waals surface area contributed by atoms with E-state index in [4.69, 9.17) is 0 Å². The molecule has 0 amide bonds. The number of nitrogens with zero attached hydrogens (tertiary/aromatic N) is 2. The molecule has 1 aliphatic carbocycles. The summed E-state index contributed by atoms with van der Waals surface area (Å²) in [4.78, 5) is 2.48. The van der Waals surface area contributed by atoms with Crippen molar-refractivity contribution in [2.75, 3.05) is 19.6 Å². The average Bonchev–Trinajstić information content (AvgIpc) is 3.06. The lowest BCUT2D eigenvalue weighted by Crippen LogP contribution is -2.51. The van der Waals surface area contributed by atoms with Crippen molar-refractivity contribution in [3.05, 3.63) is 0 Å². The standard InChI is InChI=1S/C14H25N3/c1-14(11-15,16-13-7-8-13)12-17-9-5-3-2-4-6-10-17/h13,16H,2-10,12H2,1H3. The van der Waals surface area contributed by atoms with Crippen LogP contribution in [0.25, 0.3) is 0 Å². The predicted octanol–water partition coefficient (Wildman–Crippen LogP) is 2.29. The molecule has 3 heteroatoms. The fraction of sp³-hybridized carbons (Fsp3) is 0.929. The highest BCUT2D eigenvalue weighted by Crippen LogP contribution is 2.23. The quantitative estimate of drug-likeness (QED) is 0.812. The molecule has 17 heavy (non-hydrogen) atoms. The van der Waals surface area contributed by atoms with E-state index in [0.717, 1.165) is 6.54 Å². The number of hydrogen-bond acceptors (Lipinski definition) is 3. The Kier molecular flexibility index (Phi) is 4.42. The van der Waals surface area contributed by atoms with Crippen molar-refractivity contribution in [1.82, 2.24) is 10.2 Å². The summed E-state index contributed by atoms with van der Waals surface area (Å²) in [7, 11) is 0. The molecule has 1 saturated carbocycles. The van der Waals surface area contributed by atoms with E-state index >= 15 is 0 Å². The monoisotopic (exact) mass is 235 g/mol. The van der Waals surface area contributed by atoms with Crippen LogP contribution in [0.1, 0.15) is 51.9 Å². The number of likely N-dealkylation sites (tertiary alicyclic amines) is 1. The van der Waals surface area contributed by atoms with Crippen molar-refractivity contribution in [3.8, 4) is 6.07 Å². The molecule has 0 bridgehead atoms. The van der Waals surface area contributed by atoms with Crippen LogP contribution in [0, 0.1) is 11.3 Å². The molecule has 3 nitrogen and oxygen atoms in total. The Morgan fingerprint density at radius 3 is 2.29 bits per heavy atom. The minimum atomic E-state index is -0.347. The summed E-state index contributed by atoms with van der Waals surface area (Å²) in [6, 6.07) is 3.09. The van der Waals surface area contributed by atoms with Crippen molar-refractivity contribution in [2.24, 2.45) is 0 Å². The third-order valence-electron chi connectivity index (χ3n) is 3.84. The van der Waals surface area contributed by atoms with Gasteiger partial charge in [-0.05, 0) is 45.7 Å². The lowest BCUT2D eigenvalue weighted by molar-refractivity contribution is 0.201. The molecule has 96 valence electrons. The largest absolute Gasteiger partial charge is 0.300 e. The molecule has 2 aliphatic rings. The minimum Gasteiger partial charge on any atom is -0.300 e. The molecule has 1 atom stereocenters. The summed E-state index contributed by atoms with van der Waals surface area (Å²) >= 11 is 0. The van der Waals surface area contributed by atoms with Gasteiger partial charge in [-0.3, -0.25) is 5.32 Å². The van der Waals surface area contributed by atoms with E-state index in [0.29, 0.717) is 6.04 Å². The second-order valence-corrected chi connectivity index (χ2v) is 5.91. The first kappa shape index (κ1) is 12.9. The Hall–Kier alpha value is -0.590. The van der Waals surface area contributed by atoms with Gasteiger partial charge in [0.15, 0.2) is 0 Å². The van der Waals surface area contributed by atoms with Crippen molar-refractivity contribution in [3.63, 3.8) is 0 Å². The summed E-state index contributed by atoms with van der Waals surface area (Å²) < 4.78 is 0. The molecule has 2 rings (SSSR count). The van der Waals surface area contributed by atoms with Crippen LogP contribution in [0.3, 0.4) is 0 Å². The van der Waals surface area contributed by atoms with E-state index in [-0.39, 0.29) is 5.54 Å². The highest BCUT2D eigenvalue weighted by atomic mass is 15.2. The molecule has 2 fully saturated rings. The molecule has 1 heterocycles. The molecule has 1 unspecified atom stereocenters. The van der Waals surface area contributed by atoms with Gasteiger partial charge in [-0.2, -0.15) is 5.26 Å². The maximum Gasteiger partial charge on any atom is 0.116 e. The number of hydrogen-bond donors (Lipinski definition) is 1. The number of rotatable bonds is 4. The lowest BCUT2D eigenvalue weighted by Gasteiger charge is -2.32. The zero-order chi connectivity index (χ0) is 12.1. The van der Waals surface area contributed by atoms with Gasteiger partial charge in [-0.15, -0.1) is 0 Å². The SMILES string of the molecule is CC(C#N)(CN1CCCCCCC1)NC1CC1. The first-order valence-corrected chi connectivity index (χ1v) is 7.13. The fourth-order valence-electron chi connectivity index (χ4n) is 2.71. The second-order valence-electron chi connectivity index (χ2n) is 5.91. The van der Waals surface area contributed by atoms with E-state index in [2.05, 4.69) is 23.2 Å². The molecular formula is C14H25N3. The van der Waals surface area contributed by atoms with E-state index < -0.39 is 0 Å². The summed E-state index contributed by atoms with van der Waals surface area (Å²) in [5.41, 5.74) is -0.347. The molecule has 0 aromatic heterocycles. The van der Waals surface area contributed by atoms with Crippen molar-refractivity contribution >= 4 is 0 Å². The van der Waals surface area contributed by atoms with Gasteiger partial charge < -0.3 is 4.90 Å². The number of nitriles is 1. The minimum absolute atomic E-state index is 0.347. The van der Waals surface area contributed by atoms with Crippen LogP contribution in [0.15, 0.2) is 0 Å². The average molecular weight is 235 g/mol. The van der Waals surface area contributed by atoms with Crippen LogP contribution in [0.2, 0.25) is 0 Å². The normalized spacial score (nSPS) is 26.6. The summed E-state index contributed by atoms with van der Waals surface area (Å²) in [5, 5.41) is 12.9. The highest BCUT2D eigenvalue weighted by Gasteiger charge is 2.33. The zero-order valence-electron chi connectivity index (χ0n) is 11.0. The van der Waals surface area contributed by atoms with Crippen molar-refractivity contribution in [1.29, 1.82) is 5.26 Å². The van der Waals surface area contributed by atoms with Crippen LogP contribution in [-0.2, 0) is 0 Å². The Bertz CT molecular complexity index is 272. The van der Waals surface area contributed by atoms with Gasteiger partial charge in [0.05, 0.1) is 6.07 Å². The highest BCUT2D eigenvalue weighted by molar-refractivity contribution is 5.08. The van der Waals surface area contributed by atoms with E-state index in [1.54, 1.807) is 0 Å². The molecule has 0 spiro atoms. The molecule has 0 aromatic carbocycles. The van der Waals surface area contributed by atoms with Crippen LogP contribution in [0.4, 0.5) is 0 Å². The van der Waals surface area contributed by atoms with Gasteiger partial charge >= 0.3 is 0 Å². The van der Waals surface area contributed by atoms with Crippen molar-refractivity contribution < 1.29 is 0 Å². The van der Waals surface area contributed by atoms with Crippen LogP contribution in [-0.4, -0.2) is 36.1 Å². The predicted molar refractivity (Wildman–Crippen MR) is 69.7 cm³/mol. The van der Waals surface area contributed by atoms with E-state index in [9.17, 15) is 5.26 Å². The van der Waals surface area contributed by atoms with Crippen LogP contribution >= 0.6 is 0 Å². The molecule has 0 aromatic rings. The topological polar surface area (TPSA) is 39.1 Å². The first-order chi connectivity index (χ1) is 8.22. The smallest absolute Gasteiger partial charge is 0.116 e. The molecule has 1 saturated heterocycles. The first-order valence-electron chi connectivity index (χ1n) is 7.13. The van der Waals surface area contributed by atoms with Gasteiger partial charge in [0, 0.05) is 12.6 Å². The maximum atomic E-state index is 9.38. The van der Waals surface area contributed by atoms with Crippen LogP contribution in [0.5, 0.6) is 0 Å². The zero-order valence-corrected chi connectivity index (χ0v) is 11.0.